The molecule has 11 atom stereocenters. The summed E-state index contributed by atoms with van der Waals surface area (Å²) in [6.45, 7) is 23.8. The molecule has 0 unspecified atom stereocenters. The fourth-order valence-corrected chi connectivity index (χ4v) is 15.8. The Hall–Kier alpha value is -4.02. The first kappa shape index (κ1) is 50.4. The second-order valence-corrected chi connectivity index (χ2v) is 25.1. The fourth-order valence-electron chi connectivity index (χ4n) is 15.7. The van der Waals surface area contributed by atoms with Crippen LogP contribution >= 0.6 is 11.6 Å². The molecule has 0 heterocycles. The highest BCUT2D eigenvalue weighted by atomic mass is 35.5. The zero-order valence-corrected chi connectivity index (χ0v) is 43.2. The molecule has 68 heavy (non-hydrogen) atoms. The van der Waals surface area contributed by atoms with E-state index in [-0.39, 0.29) is 88.7 Å². The SMILES string of the molecule is CC(C)C1=C2[C@H]3CC[C@@H]4[C@@]5(C)CC[C@H](OC(=O)[C@H]6C[C@@H](C(=O)OCc7ccccc7)C6(C)C)C(C)(C)[C@@H]5CC[C@@]4(C)[C@]3(C)CC[C@@]2([C@@H](O)CNC(=O)C(C)(C)NC(=O)c2ccc(Cl)cc2)CC1=O. The number of ketones is 1. The number of Topliss-reactive ketones (excluding diaryl/α,β-unsaturated/α-hetero) is 1. The first-order valence-corrected chi connectivity index (χ1v) is 25.9. The van der Waals surface area contributed by atoms with Gasteiger partial charge in [0, 0.05) is 34.4 Å². The molecule has 6 aliphatic rings. The molecule has 0 radical (unpaired) electrons. The molecule has 2 aromatic rings. The molecule has 0 saturated heterocycles. The van der Waals surface area contributed by atoms with Crippen molar-refractivity contribution in [1.29, 1.82) is 0 Å². The van der Waals surface area contributed by atoms with Gasteiger partial charge in [-0.1, -0.05) is 110 Å². The van der Waals surface area contributed by atoms with Crippen molar-refractivity contribution >= 4 is 41.1 Å². The van der Waals surface area contributed by atoms with E-state index in [1.807, 2.05) is 44.2 Å². The molecule has 5 saturated carbocycles. The second kappa shape index (κ2) is 17.7. The number of allylic oxidation sites excluding steroid dienone is 1. The summed E-state index contributed by atoms with van der Waals surface area (Å²) in [5.41, 5.74) is 0.268. The molecule has 370 valence electrons. The quantitative estimate of drug-likeness (QED) is 0.178. The van der Waals surface area contributed by atoms with E-state index in [9.17, 15) is 29.1 Å². The number of aliphatic hydroxyl groups excluding tert-OH is 1. The summed E-state index contributed by atoms with van der Waals surface area (Å²) < 4.78 is 12.3. The number of carbonyl (C=O) groups is 5. The zero-order chi connectivity index (χ0) is 49.6. The number of carbonyl (C=O) groups excluding carboxylic acids is 5. The Kier molecular flexibility index (Phi) is 13.1. The van der Waals surface area contributed by atoms with Gasteiger partial charge in [0.1, 0.15) is 18.2 Å². The number of rotatable bonds is 12. The Balaban J connectivity index is 0.957. The van der Waals surface area contributed by atoms with E-state index in [4.69, 9.17) is 21.1 Å². The summed E-state index contributed by atoms with van der Waals surface area (Å²) in [5.74, 6) is -1.04. The number of halogens is 1. The van der Waals surface area contributed by atoms with Crippen LogP contribution in [-0.2, 0) is 35.3 Å². The Morgan fingerprint density at radius 3 is 2.10 bits per heavy atom. The third-order valence-electron chi connectivity index (χ3n) is 19.9. The fraction of sp³-hybridized carbons (Fsp3) is 0.667. The summed E-state index contributed by atoms with van der Waals surface area (Å²) in [5, 5.41) is 18.7. The van der Waals surface area contributed by atoms with Crippen molar-refractivity contribution in [3.8, 4) is 0 Å². The van der Waals surface area contributed by atoms with E-state index < -0.39 is 34.3 Å². The number of fused-ring (bicyclic) bond motifs is 7. The second-order valence-electron chi connectivity index (χ2n) is 24.7. The zero-order valence-electron chi connectivity index (χ0n) is 42.5. The lowest BCUT2D eigenvalue weighted by Gasteiger charge is -2.72. The highest BCUT2D eigenvalue weighted by molar-refractivity contribution is 6.30. The number of benzene rings is 2. The van der Waals surface area contributed by atoms with Gasteiger partial charge in [0.05, 0.1) is 17.9 Å². The molecule has 10 nitrogen and oxygen atoms in total. The Morgan fingerprint density at radius 1 is 0.794 bits per heavy atom. The topological polar surface area (TPSA) is 148 Å². The van der Waals surface area contributed by atoms with E-state index in [2.05, 4.69) is 59.1 Å². The summed E-state index contributed by atoms with van der Waals surface area (Å²) in [6.07, 6.45) is 6.69. The summed E-state index contributed by atoms with van der Waals surface area (Å²) in [7, 11) is 0. The molecule has 0 aromatic heterocycles. The van der Waals surface area contributed by atoms with Gasteiger partial charge in [0.2, 0.25) is 5.91 Å². The average Bonchev–Trinajstić information content (AvgIpc) is 3.59. The van der Waals surface area contributed by atoms with Gasteiger partial charge in [-0.05, 0) is 152 Å². The molecule has 3 N–H and O–H groups in total. The molecule has 8 rings (SSSR count). The van der Waals surface area contributed by atoms with E-state index in [1.165, 1.54) is 0 Å². The summed E-state index contributed by atoms with van der Waals surface area (Å²) >= 11 is 6.02. The number of aliphatic hydroxyl groups is 1. The summed E-state index contributed by atoms with van der Waals surface area (Å²) in [6, 6.07) is 16.1. The van der Waals surface area contributed by atoms with Gasteiger partial charge in [0.15, 0.2) is 5.78 Å². The Labute approximate surface area is 409 Å². The number of hydrogen-bond acceptors (Lipinski definition) is 8. The number of amides is 2. The number of hydrogen-bond donors (Lipinski definition) is 3. The van der Waals surface area contributed by atoms with Gasteiger partial charge in [0.25, 0.3) is 5.91 Å². The minimum absolute atomic E-state index is 0.00556. The van der Waals surface area contributed by atoms with Crippen molar-refractivity contribution in [3.05, 3.63) is 81.9 Å². The van der Waals surface area contributed by atoms with E-state index in [1.54, 1.807) is 38.1 Å². The molecule has 2 aromatic carbocycles. The van der Waals surface area contributed by atoms with Crippen molar-refractivity contribution in [2.24, 2.45) is 68.0 Å². The third-order valence-corrected chi connectivity index (χ3v) is 20.2. The van der Waals surface area contributed by atoms with Crippen LogP contribution in [0.15, 0.2) is 65.7 Å². The van der Waals surface area contributed by atoms with Gasteiger partial charge in [-0.25, -0.2) is 0 Å². The lowest BCUT2D eigenvalue weighted by atomic mass is 9.33. The lowest BCUT2D eigenvalue weighted by molar-refractivity contribution is -0.238. The molecule has 0 bridgehead atoms. The maximum absolute atomic E-state index is 14.3. The van der Waals surface area contributed by atoms with Crippen LogP contribution in [0, 0.1) is 68.0 Å². The van der Waals surface area contributed by atoms with Crippen LogP contribution in [0.4, 0.5) is 0 Å². The maximum atomic E-state index is 14.3. The monoisotopic (exact) mass is 953 g/mol. The van der Waals surface area contributed by atoms with Crippen LogP contribution < -0.4 is 10.6 Å². The van der Waals surface area contributed by atoms with Gasteiger partial charge >= 0.3 is 11.9 Å². The Morgan fingerprint density at radius 2 is 1.46 bits per heavy atom. The predicted molar refractivity (Wildman–Crippen MR) is 263 cm³/mol. The first-order chi connectivity index (χ1) is 31.7. The van der Waals surface area contributed by atoms with Crippen LogP contribution in [0.2, 0.25) is 5.02 Å². The largest absolute Gasteiger partial charge is 0.462 e. The Bertz CT molecular complexity index is 2360. The van der Waals surface area contributed by atoms with Crippen molar-refractivity contribution < 1.29 is 38.6 Å². The first-order valence-electron chi connectivity index (χ1n) is 25.5. The number of nitrogens with one attached hydrogen (secondary N) is 2. The maximum Gasteiger partial charge on any atom is 0.309 e. The minimum Gasteiger partial charge on any atom is -0.462 e. The molecule has 6 aliphatic carbocycles. The molecule has 5 fully saturated rings. The van der Waals surface area contributed by atoms with E-state index >= 15 is 0 Å². The standard InChI is InChI=1S/C57H77ClN2O8/c1-33(2)45-40(61)30-57(43(62)31-59-50(66)53(7,8)60-47(63)35-17-19-36(58)20-18-35)28-27-55(10)37(46(45)57)21-22-42-54(9)25-24-44(52(5,6)41(54)23-26-56(42,55)11)68-49(65)39-29-38(51(39,3)4)48(64)67-32-34-15-13-12-14-16-34/h12-20,33,37-39,41-44,62H,21-32H2,1-11H3,(H,59,66)(H,60,63)/t37-,38+,39-,41+,42-,43+,44+,54+,55-,56-,57+/m1/s1. The predicted octanol–water partition coefficient (Wildman–Crippen LogP) is 10.6. The van der Waals surface area contributed by atoms with Gasteiger partial charge in [-0.2, -0.15) is 0 Å². The van der Waals surface area contributed by atoms with Gasteiger partial charge in [-0.3, -0.25) is 24.0 Å². The number of ether oxygens (including phenoxy) is 2. The van der Waals surface area contributed by atoms with Crippen LogP contribution in [0.3, 0.4) is 0 Å². The molecule has 0 aliphatic heterocycles. The van der Waals surface area contributed by atoms with Crippen LogP contribution in [-0.4, -0.2) is 58.9 Å². The third kappa shape index (κ3) is 8.07. The summed E-state index contributed by atoms with van der Waals surface area (Å²) in [4.78, 5) is 68.4. The molecule has 0 spiro atoms. The molecular weight excluding hydrogens is 876 g/mol. The highest BCUT2D eigenvalue weighted by Crippen LogP contribution is 2.77. The van der Waals surface area contributed by atoms with Crippen molar-refractivity contribution in [1.82, 2.24) is 10.6 Å². The van der Waals surface area contributed by atoms with Crippen LogP contribution in [0.1, 0.15) is 156 Å². The molecule has 11 heteroatoms. The van der Waals surface area contributed by atoms with Crippen molar-refractivity contribution in [2.75, 3.05) is 6.54 Å². The minimum atomic E-state index is -1.28. The van der Waals surface area contributed by atoms with E-state index in [0.29, 0.717) is 35.3 Å². The smallest absolute Gasteiger partial charge is 0.309 e. The van der Waals surface area contributed by atoms with Gasteiger partial charge in [-0.15, -0.1) is 0 Å². The molecule has 2 amide bonds. The van der Waals surface area contributed by atoms with Crippen LogP contribution in [0.5, 0.6) is 0 Å². The van der Waals surface area contributed by atoms with Crippen molar-refractivity contribution in [2.45, 2.75) is 165 Å². The van der Waals surface area contributed by atoms with Gasteiger partial charge < -0.3 is 25.2 Å². The van der Waals surface area contributed by atoms with Crippen molar-refractivity contribution in [3.63, 3.8) is 0 Å². The lowest BCUT2D eigenvalue weighted by Crippen LogP contribution is -2.66. The highest BCUT2D eigenvalue weighted by Gasteiger charge is 2.71. The van der Waals surface area contributed by atoms with Crippen LogP contribution in [0.25, 0.3) is 0 Å². The number of esters is 2. The molecular formula is C57H77ClN2O8. The van der Waals surface area contributed by atoms with E-state index in [0.717, 1.165) is 61.7 Å². The average molecular weight is 954 g/mol. The normalized spacial score (nSPS) is 35.1.